The standard InChI is InChI=1S/C15H12F4OS/c16-12-6-1-2-7-14(12)21-9-13(20)10-4-3-5-11(8-10)15(17,18)19/h1-8,13,20H,9H2. The van der Waals surface area contributed by atoms with Gasteiger partial charge in [-0.25, -0.2) is 4.39 Å². The SMILES string of the molecule is OC(CSc1ccccc1F)c1cccc(C(F)(F)F)c1. The maximum Gasteiger partial charge on any atom is 0.416 e. The molecule has 0 bridgehead atoms. The van der Waals surface area contributed by atoms with Crippen LogP contribution in [0.5, 0.6) is 0 Å². The third-order valence-corrected chi connectivity index (χ3v) is 3.96. The molecule has 1 unspecified atom stereocenters. The lowest BCUT2D eigenvalue weighted by atomic mass is 10.1. The highest BCUT2D eigenvalue weighted by atomic mass is 32.2. The Bertz CT molecular complexity index is 613. The molecule has 0 saturated carbocycles. The monoisotopic (exact) mass is 316 g/mol. The summed E-state index contributed by atoms with van der Waals surface area (Å²) in [5.41, 5.74) is -0.649. The van der Waals surface area contributed by atoms with Crippen molar-refractivity contribution in [3.63, 3.8) is 0 Å². The van der Waals surface area contributed by atoms with Gasteiger partial charge in [-0.05, 0) is 29.8 Å². The van der Waals surface area contributed by atoms with Crippen LogP contribution in [0.2, 0.25) is 0 Å². The molecule has 112 valence electrons. The number of aliphatic hydroxyl groups excluding tert-OH is 1. The topological polar surface area (TPSA) is 20.2 Å². The third-order valence-electron chi connectivity index (χ3n) is 2.83. The molecule has 1 atom stereocenters. The van der Waals surface area contributed by atoms with E-state index in [0.29, 0.717) is 4.90 Å². The molecule has 21 heavy (non-hydrogen) atoms. The molecule has 0 saturated heterocycles. The van der Waals surface area contributed by atoms with Crippen molar-refractivity contribution in [1.82, 2.24) is 0 Å². The van der Waals surface area contributed by atoms with E-state index in [4.69, 9.17) is 0 Å². The third kappa shape index (κ3) is 4.22. The van der Waals surface area contributed by atoms with Crippen LogP contribution < -0.4 is 0 Å². The molecule has 6 heteroatoms. The summed E-state index contributed by atoms with van der Waals surface area (Å²) in [6, 6.07) is 10.6. The molecule has 0 spiro atoms. The summed E-state index contributed by atoms with van der Waals surface area (Å²) in [6.45, 7) is 0. The number of hydrogen-bond donors (Lipinski definition) is 1. The van der Waals surface area contributed by atoms with E-state index in [-0.39, 0.29) is 11.3 Å². The lowest BCUT2D eigenvalue weighted by Gasteiger charge is -2.13. The molecule has 0 amide bonds. The molecule has 0 fully saturated rings. The minimum atomic E-state index is -4.45. The molecule has 0 aliphatic rings. The van der Waals surface area contributed by atoms with Crippen LogP contribution in [0.4, 0.5) is 17.6 Å². The van der Waals surface area contributed by atoms with Gasteiger partial charge >= 0.3 is 6.18 Å². The summed E-state index contributed by atoms with van der Waals surface area (Å²) >= 11 is 1.06. The molecule has 2 aromatic rings. The van der Waals surface area contributed by atoms with Crippen LogP contribution in [0.1, 0.15) is 17.2 Å². The van der Waals surface area contributed by atoms with Crippen LogP contribution in [0.3, 0.4) is 0 Å². The van der Waals surface area contributed by atoms with Crippen molar-refractivity contribution in [3.8, 4) is 0 Å². The number of halogens is 4. The van der Waals surface area contributed by atoms with E-state index in [2.05, 4.69) is 0 Å². The molecule has 0 aliphatic heterocycles. The van der Waals surface area contributed by atoms with E-state index in [9.17, 15) is 22.7 Å². The molecular formula is C15H12F4OS. The second-order valence-corrected chi connectivity index (χ2v) is 5.44. The van der Waals surface area contributed by atoms with Gasteiger partial charge in [0.2, 0.25) is 0 Å². The number of aliphatic hydroxyl groups is 1. The Kier molecular flexibility index (Phi) is 4.90. The molecular weight excluding hydrogens is 304 g/mol. The Labute approximate surface area is 123 Å². The van der Waals surface area contributed by atoms with Gasteiger partial charge in [0.1, 0.15) is 5.82 Å². The summed E-state index contributed by atoms with van der Waals surface area (Å²) in [7, 11) is 0. The van der Waals surface area contributed by atoms with Crippen molar-refractivity contribution in [3.05, 3.63) is 65.5 Å². The number of thioether (sulfide) groups is 1. The van der Waals surface area contributed by atoms with Crippen LogP contribution in [0, 0.1) is 5.82 Å². The smallest absolute Gasteiger partial charge is 0.388 e. The second-order valence-electron chi connectivity index (χ2n) is 4.38. The van der Waals surface area contributed by atoms with E-state index >= 15 is 0 Å². The number of benzene rings is 2. The molecule has 1 N–H and O–H groups in total. The first-order chi connectivity index (χ1) is 9.88. The van der Waals surface area contributed by atoms with Gasteiger partial charge in [0, 0.05) is 10.6 Å². The van der Waals surface area contributed by atoms with Gasteiger partial charge in [-0.3, -0.25) is 0 Å². The predicted octanol–water partition coefficient (Wildman–Crippen LogP) is 4.67. The van der Waals surface area contributed by atoms with Crippen molar-refractivity contribution in [2.45, 2.75) is 17.2 Å². The van der Waals surface area contributed by atoms with Gasteiger partial charge in [0.25, 0.3) is 0 Å². The Morgan fingerprint density at radius 3 is 2.43 bits per heavy atom. The van der Waals surface area contributed by atoms with E-state index < -0.39 is 23.7 Å². The van der Waals surface area contributed by atoms with Crippen LogP contribution in [-0.2, 0) is 6.18 Å². The molecule has 0 heterocycles. The zero-order chi connectivity index (χ0) is 15.5. The molecule has 2 rings (SSSR count). The van der Waals surface area contributed by atoms with Crippen molar-refractivity contribution < 1.29 is 22.7 Å². The van der Waals surface area contributed by atoms with Crippen LogP contribution in [0.15, 0.2) is 53.4 Å². The van der Waals surface area contributed by atoms with Crippen LogP contribution in [0.25, 0.3) is 0 Å². The molecule has 1 nitrogen and oxygen atoms in total. The van der Waals surface area contributed by atoms with Gasteiger partial charge in [-0.1, -0.05) is 24.3 Å². The van der Waals surface area contributed by atoms with Crippen molar-refractivity contribution in [1.29, 1.82) is 0 Å². The molecule has 2 aromatic carbocycles. The van der Waals surface area contributed by atoms with Crippen molar-refractivity contribution in [2.75, 3.05) is 5.75 Å². The number of rotatable bonds is 4. The minimum Gasteiger partial charge on any atom is -0.388 e. The molecule has 0 aliphatic carbocycles. The normalized spacial score (nSPS) is 13.2. The number of alkyl halides is 3. The van der Waals surface area contributed by atoms with Crippen LogP contribution in [-0.4, -0.2) is 10.9 Å². The summed E-state index contributed by atoms with van der Waals surface area (Å²) in [5, 5.41) is 9.95. The highest BCUT2D eigenvalue weighted by molar-refractivity contribution is 7.99. The lowest BCUT2D eigenvalue weighted by molar-refractivity contribution is -0.137. The Morgan fingerprint density at radius 2 is 1.76 bits per heavy atom. The summed E-state index contributed by atoms with van der Waals surface area (Å²) < 4.78 is 51.2. The lowest BCUT2D eigenvalue weighted by Crippen LogP contribution is -2.07. The summed E-state index contributed by atoms with van der Waals surface area (Å²) in [5.74, 6) is -0.346. The quantitative estimate of drug-likeness (QED) is 0.653. The Balaban J connectivity index is 2.07. The fraction of sp³-hybridized carbons (Fsp3) is 0.200. The highest BCUT2D eigenvalue weighted by Gasteiger charge is 2.30. The first-order valence-electron chi connectivity index (χ1n) is 6.10. The maximum atomic E-state index is 13.4. The molecule has 0 aromatic heterocycles. The minimum absolute atomic E-state index is 0.0717. The van der Waals surface area contributed by atoms with Gasteiger partial charge in [0.05, 0.1) is 11.7 Å². The first kappa shape index (κ1) is 15.9. The average molecular weight is 316 g/mol. The summed E-state index contributed by atoms with van der Waals surface area (Å²) in [6.07, 6.45) is -5.55. The molecule has 0 radical (unpaired) electrons. The van der Waals surface area contributed by atoms with Crippen molar-refractivity contribution >= 4 is 11.8 Å². The highest BCUT2D eigenvalue weighted by Crippen LogP contribution is 2.32. The van der Waals surface area contributed by atoms with E-state index in [1.54, 1.807) is 18.2 Å². The van der Waals surface area contributed by atoms with E-state index in [1.165, 1.54) is 18.2 Å². The first-order valence-corrected chi connectivity index (χ1v) is 7.09. The fourth-order valence-electron chi connectivity index (χ4n) is 1.75. The summed E-state index contributed by atoms with van der Waals surface area (Å²) in [4.78, 5) is 0.350. The van der Waals surface area contributed by atoms with E-state index in [0.717, 1.165) is 23.9 Å². The number of hydrogen-bond acceptors (Lipinski definition) is 2. The Morgan fingerprint density at radius 1 is 1.05 bits per heavy atom. The van der Waals surface area contributed by atoms with E-state index in [1.807, 2.05) is 0 Å². The second kappa shape index (κ2) is 6.49. The van der Waals surface area contributed by atoms with Crippen molar-refractivity contribution in [2.24, 2.45) is 0 Å². The predicted molar refractivity (Wildman–Crippen MR) is 73.5 cm³/mol. The van der Waals surface area contributed by atoms with Gasteiger partial charge in [-0.15, -0.1) is 11.8 Å². The zero-order valence-corrected chi connectivity index (χ0v) is 11.6. The maximum absolute atomic E-state index is 13.4. The van der Waals surface area contributed by atoms with Gasteiger partial charge < -0.3 is 5.11 Å². The van der Waals surface area contributed by atoms with Gasteiger partial charge in [0.15, 0.2) is 0 Å². The van der Waals surface area contributed by atoms with Crippen LogP contribution >= 0.6 is 11.8 Å². The largest absolute Gasteiger partial charge is 0.416 e. The average Bonchev–Trinajstić information content (AvgIpc) is 2.45. The Hall–Kier alpha value is -1.53. The fourth-order valence-corrected chi connectivity index (χ4v) is 2.66. The zero-order valence-electron chi connectivity index (χ0n) is 10.8. The van der Waals surface area contributed by atoms with Gasteiger partial charge in [-0.2, -0.15) is 13.2 Å².